The Bertz CT molecular complexity index is 640. The van der Waals surface area contributed by atoms with Crippen LogP contribution in [0, 0.1) is 19.3 Å². The summed E-state index contributed by atoms with van der Waals surface area (Å²) < 4.78 is 1.71. The number of fused-ring (bicyclic) bond motifs is 1. The Hall–Kier alpha value is -0.810. The highest BCUT2D eigenvalue weighted by Gasteiger charge is 2.19. The quantitative estimate of drug-likeness (QED) is 0.878. The van der Waals surface area contributed by atoms with Crippen LogP contribution in [0.25, 0.3) is 10.2 Å². The molecule has 98 valence electrons. The lowest BCUT2D eigenvalue weighted by atomic mass is 9.96. The van der Waals surface area contributed by atoms with Crippen LogP contribution in [0.1, 0.15) is 24.3 Å². The van der Waals surface area contributed by atoms with Gasteiger partial charge in [0, 0.05) is 11.4 Å². The van der Waals surface area contributed by atoms with Crippen molar-refractivity contribution in [1.29, 1.82) is 0 Å². The van der Waals surface area contributed by atoms with Gasteiger partial charge in [0.05, 0.1) is 11.7 Å². The summed E-state index contributed by atoms with van der Waals surface area (Å²) in [4.78, 5) is 18.9. The van der Waals surface area contributed by atoms with E-state index in [4.69, 9.17) is 0 Å². The van der Waals surface area contributed by atoms with Gasteiger partial charge in [0.1, 0.15) is 4.83 Å². The van der Waals surface area contributed by atoms with E-state index in [1.54, 1.807) is 22.2 Å². The average Bonchev–Trinajstić information content (AvgIpc) is 2.60. The number of thiol groups is 1. The fraction of sp³-hybridized carbons (Fsp3) is 0.538. The minimum Gasteiger partial charge on any atom is -0.298 e. The second kappa shape index (κ2) is 4.70. The van der Waals surface area contributed by atoms with Gasteiger partial charge in [0.15, 0.2) is 0 Å². The van der Waals surface area contributed by atoms with Crippen LogP contribution < -0.4 is 5.56 Å². The van der Waals surface area contributed by atoms with Crippen LogP contribution in [-0.4, -0.2) is 15.3 Å². The lowest BCUT2D eigenvalue weighted by Gasteiger charge is -2.22. The van der Waals surface area contributed by atoms with Gasteiger partial charge in [-0.15, -0.1) is 11.3 Å². The number of thiophene rings is 1. The molecule has 0 atom stereocenters. The van der Waals surface area contributed by atoms with Gasteiger partial charge in [-0.2, -0.15) is 12.6 Å². The molecule has 3 nitrogen and oxygen atoms in total. The zero-order valence-electron chi connectivity index (χ0n) is 11.1. The Morgan fingerprint density at radius 3 is 2.72 bits per heavy atom. The maximum atomic E-state index is 12.5. The lowest BCUT2D eigenvalue weighted by molar-refractivity contribution is 0.346. The number of rotatable bonds is 3. The lowest BCUT2D eigenvalue weighted by Crippen LogP contribution is -2.29. The molecule has 0 saturated carbocycles. The first kappa shape index (κ1) is 13.6. The molecule has 2 heterocycles. The van der Waals surface area contributed by atoms with Gasteiger partial charge >= 0.3 is 0 Å². The Balaban J connectivity index is 2.58. The van der Waals surface area contributed by atoms with Crippen molar-refractivity contribution in [2.24, 2.45) is 5.41 Å². The van der Waals surface area contributed by atoms with E-state index in [2.05, 4.69) is 31.5 Å². The first-order chi connectivity index (χ1) is 8.35. The SMILES string of the molecule is Cc1sc2ncn(CC(C)(C)CS)c(=O)c2c1C. The Morgan fingerprint density at radius 1 is 1.44 bits per heavy atom. The largest absolute Gasteiger partial charge is 0.298 e. The van der Waals surface area contributed by atoms with Gasteiger partial charge < -0.3 is 0 Å². The third kappa shape index (κ3) is 2.34. The van der Waals surface area contributed by atoms with E-state index in [0.717, 1.165) is 21.5 Å². The summed E-state index contributed by atoms with van der Waals surface area (Å²) in [7, 11) is 0. The van der Waals surface area contributed by atoms with E-state index in [9.17, 15) is 4.79 Å². The van der Waals surface area contributed by atoms with Crippen LogP contribution in [-0.2, 0) is 6.54 Å². The molecule has 18 heavy (non-hydrogen) atoms. The molecule has 0 unspecified atom stereocenters. The van der Waals surface area contributed by atoms with Crippen molar-refractivity contribution >= 4 is 34.2 Å². The molecule has 2 rings (SSSR count). The van der Waals surface area contributed by atoms with E-state index >= 15 is 0 Å². The van der Waals surface area contributed by atoms with Gasteiger partial charge in [-0.1, -0.05) is 13.8 Å². The van der Waals surface area contributed by atoms with Crippen molar-refractivity contribution < 1.29 is 0 Å². The predicted molar refractivity (Wildman–Crippen MR) is 81.0 cm³/mol. The maximum absolute atomic E-state index is 12.5. The molecule has 0 amide bonds. The number of aryl methyl sites for hydroxylation is 2. The summed E-state index contributed by atoms with van der Waals surface area (Å²) >= 11 is 5.92. The first-order valence-electron chi connectivity index (χ1n) is 5.92. The van der Waals surface area contributed by atoms with E-state index < -0.39 is 0 Å². The van der Waals surface area contributed by atoms with Crippen molar-refractivity contribution in [1.82, 2.24) is 9.55 Å². The molecule has 0 aliphatic heterocycles. The molecule has 0 radical (unpaired) electrons. The standard InChI is InChI=1S/C13H18N2OS2/c1-8-9(2)18-11-10(8)12(16)15(7-14-11)5-13(3,4)6-17/h7,17H,5-6H2,1-4H3. The van der Waals surface area contributed by atoms with E-state index in [1.807, 2.05) is 13.8 Å². The molecule has 5 heteroatoms. The highest BCUT2D eigenvalue weighted by molar-refractivity contribution is 7.80. The van der Waals surface area contributed by atoms with Crippen LogP contribution in [0.4, 0.5) is 0 Å². The van der Waals surface area contributed by atoms with Crippen molar-refractivity contribution in [3.63, 3.8) is 0 Å². The minimum atomic E-state index is -0.0126. The summed E-state index contributed by atoms with van der Waals surface area (Å²) in [6, 6.07) is 0. The van der Waals surface area contributed by atoms with Crippen LogP contribution in [0.5, 0.6) is 0 Å². The topological polar surface area (TPSA) is 34.9 Å². The number of nitrogens with zero attached hydrogens (tertiary/aromatic N) is 2. The van der Waals surface area contributed by atoms with Gasteiger partial charge in [-0.25, -0.2) is 4.98 Å². The molecule has 0 fully saturated rings. The molecule has 0 aliphatic carbocycles. The minimum absolute atomic E-state index is 0.0126. The molecule has 0 N–H and O–H groups in total. The third-order valence-electron chi connectivity index (χ3n) is 3.18. The molecule has 0 spiro atoms. The summed E-state index contributed by atoms with van der Waals surface area (Å²) in [6.45, 7) is 8.87. The third-order valence-corrected chi connectivity index (χ3v) is 5.15. The van der Waals surface area contributed by atoms with Crippen LogP contribution in [0.2, 0.25) is 0 Å². The fourth-order valence-electron chi connectivity index (χ4n) is 1.89. The predicted octanol–water partition coefficient (Wildman–Crippen LogP) is 3.03. The monoisotopic (exact) mass is 282 g/mol. The van der Waals surface area contributed by atoms with Crippen LogP contribution in [0.3, 0.4) is 0 Å². The zero-order valence-corrected chi connectivity index (χ0v) is 12.9. The highest BCUT2D eigenvalue weighted by atomic mass is 32.1. The Morgan fingerprint density at radius 2 is 2.11 bits per heavy atom. The Labute approximate surface area is 116 Å². The number of aromatic nitrogens is 2. The molecule has 2 aromatic rings. The van der Waals surface area contributed by atoms with Crippen molar-refractivity contribution in [2.45, 2.75) is 34.2 Å². The summed E-state index contributed by atoms with van der Waals surface area (Å²) in [5, 5.41) is 0.773. The summed E-state index contributed by atoms with van der Waals surface area (Å²) in [5.74, 6) is 0.735. The zero-order chi connectivity index (χ0) is 13.5. The van der Waals surface area contributed by atoms with Crippen molar-refractivity contribution in [3.8, 4) is 0 Å². The molecule has 0 aliphatic rings. The second-order valence-corrected chi connectivity index (χ2v) is 6.98. The van der Waals surface area contributed by atoms with Crippen LogP contribution >= 0.6 is 24.0 Å². The van der Waals surface area contributed by atoms with Crippen LogP contribution in [0.15, 0.2) is 11.1 Å². The number of hydrogen-bond donors (Lipinski definition) is 1. The maximum Gasteiger partial charge on any atom is 0.262 e. The normalized spacial score (nSPS) is 12.3. The van der Waals surface area contributed by atoms with Gasteiger partial charge in [-0.05, 0) is 30.6 Å². The molecule has 2 aromatic heterocycles. The van der Waals surface area contributed by atoms with Gasteiger partial charge in [0.2, 0.25) is 0 Å². The molecule has 0 saturated heterocycles. The molecule has 0 aromatic carbocycles. The highest BCUT2D eigenvalue weighted by Crippen LogP contribution is 2.26. The van der Waals surface area contributed by atoms with E-state index in [0.29, 0.717) is 6.54 Å². The summed E-state index contributed by atoms with van der Waals surface area (Å²) in [5.41, 5.74) is 1.11. The Kier molecular flexibility index (Phi) is 3.56. The van der Waals surface area contributed by atoms with E-state index in [-0.39, 0.29) is 11.0 Å². The summed E-state index contributed by atoms with van der Waals surface area (Å²) in [6.07, 6.45) is 1.66. The van der Waals surface area contributed by atoms with Gasteiger partial charge in [-0.3, -0.25) is 9.36 Å². The number of hydrogen-bond acceptors (Lipinski definition) is 4. The average molecular weight is 282 g/mol. The van der Waals surface area contributed by atoms with Gasteiger partial charge in [0.25, 0.3) is 5.56 Å². The van der Waals surface area contributed by atoms with Crippen molar-refractivity contribution in [3.05, 3.63) is 27.1 Å². The smallest absolute Gasteiger partial charge is 0.262 e. The second-order valence-electron chi connectivity index (χ2n) is 5.46. The van der Waals surface area contributed by atoms with E-state index in [1.165, 1.54) is 4.88 Å². The molecular formula is C13H18N2OS2. The molecule has 0 bridgehead atoms. The first-order valence-corrected chi connectivity index (χ1v) is 7.36. The molecular weight excluding hydrogens is 264 g/mol. The van der Waals surface area contributed by atoms with Crippen molar-refractivity contribution in [2.75, 3.05) is 5.75 Å². The fourth-order valence-corrected chi connectivity index (χ4v) is 2.98.